The van der Waals surface area contributed by atoms with Crippen LogP contribution in [-0.2, 0) is 23.8 Å². The third-order valence-corrected chi connectivity index (χ3v) is 12.4. The Morgan fingerprint density at radius 2 is 0.703 bits per heavy atom. The second-order valence-corrected chi connectivity index (χ2v) is 18.8. The molecule has 0 aromatic heterocycles. The van der Waals surface area contributed by atoms with Crippen LogP contribution in [0.2, 0.25) is 0 Å². The number of carbonyl (C=O) groups is 2. The minimum atomic E-state index is -0.542. The van der Waals surface area contributed by atoms with Crippen molar-refractivity contribution in [2.45, 2.75) is 297 Å². The largest absolute Gasteiger partial charge is 0.462 e. The SMILES string of the molecule is CC/C=C\C/C=C\C/C=C\C/C=C\CCCCCCCOCC(COC(=O)CCCCCCCCCCCCCCCCCCC)OC(=O)CCCCCCCCCCCCCCC. The van der Waals surface area contributed by atoms with Crippen molar-refractivity contribution in [3.8, 4) is 0 Å². The lowest BCUT2D eigenvalue weighted by molar-refractivity contribution is -0.163. The number of rotatable bonds is 52. The first-order chi connectivity index (χ1) is 31.6. The quantitative estimate of drug-likeness (QED) is 0.0346. The van der Waals surface area contributed by atoms with E-state index >= 15 is 0 Å². The van der Waals surface area contributed by atoms with Gasteiger partial charge in [0.15, 0.2) is 6.10 Å². The Kier molecular flexibility index (Phi) is 53.3. The monoisotopic (exact) mass is 897 g/mol. The molecule has 0 aliphatic heterocycles. The van der Waals surface area contributed by atoms with Gasteiger partial charge in [-0.15, -0.1) is 0 Å². The van der Waals surface area contributed by atoms with Crippen LogP contribution in [0.1, 0.15) is 290 Å². The molecule has 1 atom stereocenters. The van der Waals surface area contributed by atoms with Crippen molar-refractivity contribution in [1.82, 2.24) is 0 Å². The van der Waals surface area contributed by atoms with Crippen molar-refractivity contribution in [1.29, 1.82) is 0 Å². The van der Waals surface area contributed by atoms with Gasteiger partial charge >= 0.3 is 11.9 Å². The van der Waals surface area contributed by atoms with Crippen molar-refractivity contribution in [3.63, 3.8) is 0 Å². The van der Waals surface area contributed by atoms with Crippen LogP contribution in [0.3, 0.4) is 0 Å². The van der Waals surface area contributed by atoms with Crippen molar-refractivity contribution < 1.29 is 23.8 Å². The Morgan fingerprint density at radius 3 is 1.12 bits per heavy atom. The second-order valence-electron chi connectivity index (χ2n) is 18.8. The van der Waals surface area contributed by atoms with E-state index in [1.165, 1.54) is 186 Å². The van der Waals surface area contributed by atoms with Gasteiger partial charge < -0.3 is 14.2 Å². The summed E-state index contributed by atoms with van der Waals surface area (Å²) < 4.78 is 17.5. The first kappa shape index (κ1) is 61.9. The van der Waals surface area contributed by atoms with Crippen LogP contribution < -0.4 is 0 Å². The third-order valence-electron chi connectivity index (χ3n) is 12.4. The zero-order valence-corrected chi connectivity index (χ0v) is 43.1. The lowest BCUT2D eigenvalue weighted by Crippen LogP contribution is -2.30. The summed E-state index contributed by atoms with van der Waals surface area (Å²) in [7, 11) is 0. The maximum Gasteiger partial charge on any atom is 0.306 e. The van der Waals surface area contributed by atoms with E-state index < -0.39 is 6.10 Å². The van der Waals surface area contributed by atoms with Crippen LogP contribution >= 0.6 is 0 Å². The van der Waals surface area contributed by atoms with Gasteiger partial charge in [0, 0.05) is 19.4 Å². The molecular weight excluding hydrogens is 789 g/mol. The van der Waals surface area contributed by atoms with Gasteiger partial charge in [-0.3, -0.25) is 9.59 Å². The smallest absolute Gasteiger partial charge is 0.306 e. The van der Waals surface area contributed by atoms with Gasteiger partial charge in [0.25, 0.3) is 0 Å². The molecule has 0 saturated heterocycles. The van der Waals surface area contributed by atoms with Crippen LogP contribution in [0, 0.1) is 0 Å². The normalized spacial score (nSPS) is 12.5. The standard InChI is InChI=1S/C59H108O5/c1-4-7-10-13-16-19-22-25-27-29-31-33-36-39-42-45-48-51-54-62-55-57(64-59(61)53-50-47-44-41-38-34-24-21-18-15-12-9-6-3)56-63-58(60)52-49-46-43-40-37-35-32-30-28-26-23-20-17-14-11-8-5-2/h7,10,16,19,25,27,31,33,57H,4-6,8-9,11-15,17-18,20-24,26,28-30,32,34-56H2,1-3H3/b10-7-,19-16-,27-25-,33-31-. The number of carbonyl (C=O) groups excluding carboxylic acids is 2. The molecule has 64 heavy (non-hydrogen) atoms. The molecule has 0 fully saturated rings. The summed E-state index contributed by atoms with van der Waals surface area (Å²) in [6.07, 6.45) is 68.4. The predicted octanol–water partition coefficient (Wildman–Crippen LogP) is 19.1. The van der Waals surface area contributed by atoms with Crippen LogP contribution in [0.4, 0.5) is 0 Å². The van der Waals surface area contributed by atoms with E-state index in [1.807, 2.05) is 0 Å². The molecule has 0 aliphatic rings. The van der Waals surface area contributed by atoms with E-state index in [4.69, 9.17) is 14.2 Å². The molecule has 0 rings (SSSR count). The van der Waals surface area contributed by atoms with Crippen molar-refractivity contribution in [3.05, 3.63) is 48.6 Å². The van der Waals surface area contributed by atoms with Crippen molar-refractivity contribution in [2.24, 2.45) is 0 Å². The molecule has 1 unspecified atom stereocenters. The number of hydrogen-bond acceptors (Lipinski definition) is 5. The van der Waals surface area contributed by atoms with Crippen LogP contribution in [-0.4, -0.2) is 37.9 Å². The van der Waals surface area contributed by atoms with E-state index in [2.05, 4.69) is 69.4 Å². The molecule has 374 valence electrons. The number of allylic oxidation sites excluding steroid dienone is 8. The molecule has 0 aromatic rings. The van der Waals surface area contributed by atoms with Gasteiger partial charge in [-0.05, 0) is 57.8 Å². The molecular formula is C59H108O5. The Bertz CT molecular complexity index is 1060. The fraction of sp³-hybridized carbons (Fsp3) is 0.831. The number of unbranched alkanes of at least 4 members (excludes halogenated alkanes) is 33. The Hall–Kier alpha value is -2.14. The summed E-state index contributed by atoms with van der Waals surface area (Å²) in [5, 5.41) is 0. The Balaban J connectivity index is 4.25. The van der Waals surface area contributed by atoms with Gasteiger partial charge in [0.05, 0.1) is 6.61 Å². The van der Waals surface area contributed by atoms with E-state index in [0.29, 0.717) is 19.4 Å². The summed E-state index contributed by atoms with van der Waals surface area (Å²) in [4.78, 5) is 25.5. The number of ether oxygens (including phenoxy) is 3. The Labute approximate surface area is 399 Å². The molecule has 5 nitrogen and oxygen atoms in total. The third kappa shape index (κ3) is 52.5. The average molecular weight is 898 g/mol. The van der Waals surface area contributed by atoms with Gasteiger partial charge in [-0.1, -0.05) is 268 Å². The Morgan fingerprint density at radius 1 is 0.359 bits per heavy atom. The zero-order chi connectivity index (χ0) is 46.3. The van der Waals surface area contributed by atoms with Gasteiger partial charge in [0.2, 0.25) is 0 Å². The molecule has 0 radical (unpaired) electrons. The lowest BCUT2D eigenvalue weighted by atomic mass is 10.0. The highest BCUT2D eigenvalue weighted by molar-refractivity contribution is 5.70. The lowest BCUT2D eigenvalue weighted by Gasteiger charge is -2.18. The number of hydrogen-bond donors (Lipinski definition) is 0. The molecule has 0 saturated carbocycles. The molecule has 0 heterocycles. The molecule has 0 amide bonds. The number of esters is 2. The molecule has 0 N–H and O–H groups in total. The molecule has 5 heteroatoms. The van der Waals surface area contributed by atoms with Crippen LogP contribution in [0.5, 0.6) is 0 Å². The second kappa shape index (κ2) is 55.2. The molecule has 0 spiro atoms. The fourth-order valence-electron chi connectivity index (χ4n) is 8.21. The van der Waals surface area contributed by atoms with Gasteiger partial charge in [0.1, 0.15) is 6.61 Å². The summed E-state index contributed by atoms with van der Waals surface area (Å²) >= 11 is 0. The average Bonchev–Trinajstić information content (AvgIpc) is 3.30. The summed E-state index contributed by atoms with van der Waals surface area (Å²) in [6, 6.07) is 0. The van der Waals surface area contributed by atoms with Gasteiger partial charge in [-0.25, -0.2) is 0 Å². The van der Waals surface area contributed by atoms with Crippen molar-refractivity contribution >= 4 is 11.9 Å². The molecule has 0 aliphatic carbocycles. The fourth-order valence-corrected chi connectivity index (χ4v) is 8.21. The summed E-state index contributed by atoms with van der Waals surface area (Å²) in [6.45, 7) is 7.73. The maximum atomic E-state index is 12.8. The predicted molar refractivity (Wildman–Crippen MR) is 279 cm³/mol. The first-order valence-electron chi connectivity index (χ1n) is 28.2. The van der Waals surface area contributed by atoms with Crippen LogP contribution in [0.25, 0.3) is 0 Å². The highest BCUT2D eigenvalue weighted by Crippen LogP contribution is 2.16. The molecule has 0 bridgehead atoms. The minimum absolute atomic E-state index is 0.0828. The highest BCUT2D eigenvalue weighted by atomic mass is 16.6. The maximum absolute atomic E-state index is 12.8. The minimum Gasteiger partial charge on any atom is -0.462 e. The van der Waals surface area contributed by atoms with E-state index in [1.54, 1.807) is 0 Å². The van der Waals surface area contributed by atoms with E-state index in [9.17, 15) is 9.59 Å². The zero-order valence-electron chi connectivity index (χ0n) is 43.1. The van der Waals surface area contributed by atoms with Crippen molar-refractivity contribution in [2.75, 3.05) is 19.8 Å². The first-order valence-corrected chi connectivity index (χ1v) is 28.2. The highest BCUT2D eigenvalue weighted by Gasteiger charge is 2.17. The van der Waals surface area contributed by atoms with E-state index in [0.717, 1.165) is 70.6 Å². The summed E-state index contributed by atoms with van der Waals surface area (Å²) in [5.74, 6) is -0.391. The molecule has 0 aromatic carbocycles. The topological polar surface area (TPSA) is 61.8 Å². The van der Waals surface area contributed by atoms with E-state index in [-0.39, 0.29) is 25.2 Å². The summed E-state index contributed by atoms with van der Waals surface area (Å²) in [5.41, 5.74) is 0. The van der Waals surface area contributed by atoms with Gasteiger partial charge in [-0.2, -0.15) is 0 Å². The van der Waals surface area contributed by atoms with Crippen LogP contribution in [0.15, 0.2) is 48.6 Å².